The first-order valence-electron chi connectivity index (χ1n) is 10.6. The van der Waals surface area contributed by atoms with Crippen molar-refractivity contribution in [3.05, 3.63) is 41.8 Å². The Hall–Kier alpha value is -2.21. The number of nitrogens with zero attached hydrogens (tertiary/aromatic N) is 2. The molecular weight excluding hydrogens is 355 g/mol. The number of carbonyl (C=O) groups is 1. The number of H-pyrrole nitrogens is 1. The molecule has 1 aliphatic carbocycles. The van der Waals surface area contributed by atoms with E-state index in [1.165, 1.54) is 50.8 Å². The third-order valence-electron chi connectivity index (χ3n) is 6.16. The van der Waals surface area contributed by atoms with E-state index in [0.29, 0.717) is 22.9 Å². The monoisotopic (exact) mass is 384 g/mol. The molecule has 2 heterocycles. The third kappa shape index (κ3) is 4.27. The first kappa shape index (κ1) is 19.1. The second-order valence-corrected chi connectivity index (χ2v) is 8.09. The first-order chi connectivity index (χ1) is 13.7. The van der Waals surface area contributed by atoms with E-state index >= 15 is 0 Å². The summed E-state index contributed by atoms with van der Waals surface area (Å²) in [6.07, 6.45) is 11.5. The molecule has 1 atom stereocenters. The fourth-order valence-electron chi connectivity index (χ4n) is 4.67. The van der Waals surface area contributed by atoms with Gasteiger partial charge in [-0.25, -0.2) is 4.39 Å². The van der Waals surface area contributed by atoms with E-state index in [0.717, 1.165) is 25.9 Å². The SMILES string of the molecule is O=C(NC1CCCN(C2CCCCCC2)C1)c1cn[nH]c1-c1ccccc1F. The molecule has 150 valence electrons. The number of aromatic nitrogens is 2. The minimum absolute atomic E-state index is 0.132. The van der Waals surface area contributed by atoms with E-state index in [-0.39, 0.29) is 17.8 Å². The minimum Gasteiger partial charge on any atom is -0.348 e. The summed E-state index contributed by atoms with van der Waals surface area (Å²) >= 11 is 0. The highest BCUT2D eigenvalue weighted by atomic mass is 19.1. The van der Waals surface area contributed by atoms with E-state index in [4.69, 9.17) is 0 Å². The van der Waals surface area contributed by atoms with E-state index < -0.39 is 0 Å². The molecule has 2 N–H and O–H groups in total. The van der Waals surface area contributed by atoms with Crippen molar-refractivity contribution < 1.29 is 9.18 Å². The number of halogens is 1. The normalized spacial score (nSPS) is 22.0. The van der Waals surface area contributed by atoms with Crippen molar-refractivity contribution in [2.24, 2.45) is 0 Å². The zero-order valence-corrected chi connectivity index (χ0v) is 16.3. The molecule has 1 aromatic heterocycles. The molecule has 28 heavy (non-hydrogen) atoms. The maximum absolute atomic E-state index is 14.2. The quantitative estimate of drug-likeness (QED) is 0.779. The van der Waals surface area contributed by atoms with Gasteiger partial charge in [-0.1, -0.05) is 37.8 Å². The average molecular weight is 384 g/mol. The molecular formula is C22H29FN4O. The number of rotatable bonds is 4. The van der Waals surface area contributed by atoms with Crippen LogP contribution in [0.1, 0.15) is 61.7 Å². The lowest BCUT2D eigenvalue weighted by molar-refractivity contribution is 0.0861. The first-order valence-corrected chi connectivity index (χ1v) is 10.6. The summed E-state index contributed by atoms with van der Waals surface area (Å²) in [5.41, 5.74) is 1.21. The highest BCUT2D eigenvalue weighted by molar-refractivity contribution is 5.99. The molecule has 1 unspecified atom stereocenters. The highest BCUT2D eigenvalue weighted by Crippen LogP contribution is 2.26. The minimum atomic E-state index is -0.363. The lowest BCUT2D eigenvalue weighted by Crippen LogP contribution is -2.50. The molecule has 4 rings (SSSR count). The topological polar surface area (TPSA) is 61.0 Å². The number of likely N-dealkylation sites (tertiary alicyclic amines) is 1. The fourth-order valence-corrected chi connectivity index (χ4v) is 4.67. The van der Waals surface area contributed by atoms with Gasteiger partial charge in [0.25, 0.3) is 5.91 Å². The van der Waals surface area contributed by atoms with Gasteiger partial charge in [0.2, 0.25) is 0 Å². The zero-order valence-electron chi connectivity index (χ0n) is 16.3. The molecule has 0 bridgehead atoms. The van der Waals surface area contributed by atoms with E-state index in [1.807, 2.05) is 0 Å². The van der Waals surface area contributed by atoms with Gasteiger partial charge in [-0.15, -0.1) is 0 Å². The molecule has 1 aliphatic heterocycles. The second-order valence-electron chi connectivity index (χ2n) is 8.09. The molecule has 2 aliphatic rings. The van der Waals surface area contributed by atoms with Crippen molar-refractivity contribution in [1.82, 2.24) is 20.4 Å². The summed E-state index contributed by atoms with van der Waals surface area (Å²) in [4.78, 5) is 15.5. The second kappa shape index (κ2) is 8.86. The lowest BCUT2D eigenvalue weighted by atomic mass is 9.99. The van der Waals surface area contributed by atoms with Crippen LogP contribution >= 0.6 is 0 Å². The number of carbonyl (C=O) groups excluding carboxylic acids is 1. The predicted molar refractivity (Wildman–Crippen MR) is 108 cm³/mol. The Bertz CT molecular complexity index is 797. The van der Waals surface area contributed by atoms with Crippen molar-refractivity contribution in [1.29, 1.82) is 0 Å². The number of benzene rings is 1. The van der Waals surface area contributed by atoms with Crippen molar-refractivity contribution in [3.63, 3.8) is 0 Å². The van der Waals surface area contributed by atoms with Gasteiger partial charge in [-0.05, 0) is 44.4 Å². The molecule has 0 radical (unpaired) electrons. The van der Waals surface area contributed by atoms with E-state index in [2.05, 4.69) is 20.4 Å². The fraction of sp³-hybridized carbons (Fsp3) is 0.545. The standard InChI is InChI=1S/C22H29FN4O/c23-20-12-6-5-11-18(20)21-19(14-24-26-21)22(28)25-16-8-7-13-27(15-16)17-9-3-1-2-4-10-17/h5-6,11-12,14,16-17H,1-4,7-10,13,15H2,(H,24,26)(H,25,28). The third-order valence-corrected chi connectivity index (χ3v) is 6.16. The van der Waals surface area contributed by atoms with Gasteiger partial charge in [0.05, 0.1) is 17.5 Å². The Morgan fingerprint density at radius 3 is 2.68 bits per heavy atom. The van der Waals surface area contributed by atoms with Gasteiger partial charge >= 0.3 is 0 Å². The number of piperidine rings is 1. The Morgan fingerprint density at radius 1 is 1.11 bits per heavy atom. The van der Waals surface area contributed by atoms with Gasteiger partial charge in [-0.2, -0.15) is 5.10 Å². The van der Waals surface area contributed by atoms with Crippen LogP contribution in [-0.2, 0) is 0 Å². The van der Waals surface area contributed by atoms with Gasteiger partial charge < -0.3 is 5.32 Å². The number of aromatic amines is 1. The molecule has 1 aromatic carbocycles. The van der Waals surface area contributed by atoms with Crippen molar-refractivity contribution in [2.75, 3.05) is 13.1 Å². The number of nitrogens with one attached hydrogen (secondary N) is 2. The Kier molecular flexibility index (Phi) is 6.05. The largest absolute Gasteiger partial charge is 0.348 e. The van der Waals surface area contributed by atoms with Crippen LogP contribution in [0, 0.1) is 5.82 Å². The van der Waals surface area contributed by atoms with Crippen LogP contribution in [0.2, 0.25) is 0 Å². The molecule has 1 saturated carbocycles. The summed E-state index contributed by atoms with van der Waals surface area (Å²) in [6, 6.07) is 7.24. The van der Waals surface area contributed by atoms with Gasteiger partial charge in [-0.3, -0.25) is 14.8 Å². The van der Waals surface area contributed by atoms with Crippen LogP contribution in [0.5, 0.6) is 0 Å². The number of hydrogen-bond acceptors (Lipinski definition) is 3. The number of hydrogen-bond donors (Lipinski definition) is 2. The summed E-state index contributed by atoms with van der Waals surface area (Å²) in [5, 5.41) is 9.95. The lowest BCUT2D eigenvalue weighted by Gasteiger charge is -2.38. The maximum Gasteiger partial charge on any atom is 0.255 e. The molecule has 6 heteroatoms. The van der Waals surface area contributed by atoms with Crippen molar-refractivity contribution >= 4 is 5.91 Å². The van der Waals surface area contributed by atoms with Crippen molar-refractivity contribution in [3.8, 4) is 11.3 Å². The van der Waals surface area contributed by atoms with Gasteiger partial charge in [0.15, 0.2) is 0 Å². The summed E-state index contributed by atoms with van der Waals surface area (Å²) < 4.78 is 14.2. The van der Waals surface area contributed by atoms with Crippen molar-refractivity contribution in [2.45, 2.75) is 63.5 Å². The van der Waals surface area contributed by atoms with Crippen LogP contribution < -0.4 is 5.32 Å². The van der Waals surface area contributed by atoms with Crippen LogP contribution in [-0.4, -0.2) is 46.2 Å². The Balaban J connectivity index is 1.43. The van der Waals surface area contributed by atoms with Crippen LogP contribution in [0.3, 0.4) is 0 Å². The molecule has 5 nitrogen and oxygen atoms in total. The predicted octanol–water partition coefficient (Wildman–Crippen LogP) is 4.13. The molecule has 0 spiro atoms. The highest BCUT2D eigenvalue weighted by Gasteiger charge is 2.28. The summed E-state index contributed by atoms with van der Waals surface area (Å²) in [5.74, 6) is -0.544. The smallest absolute Gasteiger partial charge is 0.255 e. The molecule has 1 amide bonds. The Labute approximate surface area is 165 Å². The van der Waals surface area contributed by atoms with Gasteiger partial charge in [0.1, 0.15) is 5.82 Å². The average Bonchev–Trinajstić information content (AvgIpc) is 3.03. The van der Waals surface area contributed by atoms with Gasteiger partial charge in [0, 0.05) is 24.2 Å². The van der Waals surface area contributed by atoms with Crippen LogP contribution in [0.15, 0.2) is 30.5 Å². The zero-order chi connectivity index (χ0) is 19.3. The Morgan fingerprint density at radius 2 is 1.89 bits per heavy atom. The molecule has 2 aromatic rings. The van der Waals surface area contributed by atoms with Crippen LogP contribution in [0.4, 0.5) is 4.39 Å². The molecule has 2 fully saturated rings. The van der Waals surface area contributed by atoms with Crippen LogP contribution in [0.25, 0.3) is 11.3 Å². The number of amides is 1. The summed E-state index contributed by atoms with van der Waals surface area (Å²) in [6.45, 7) is 2.03. The summed E-state index contributed by atoms with van der Waals surface area (Å²) in [7, 11) is 0. The molecule has 1 saturated heterocycles. The maximum atomic E-state index is 14.2. The van der Waals surface area contributed by atoms with E-state index in [9.17, 15) is 9.18 Å². The van der Waals surface area contributed by atoms with E-state index in [1.54, 1.807) is 18.2 Å².